The predicted octanol–water partition coefficient (Wildman–Crippen LogP) is 4.33. The van der Waals surface area contributed by atoms with Crippen LogP contribution < -0.4 is 5.32 Å². The molecule has 1 atom stereocenters. The van der Waals surface area contributed by atoms with Crippen molar-refractivity contribution in [2.45, 2.75) is 33.2 Å². The molecule has 0 spiro atoms. The third kappa shape index (κ3) is 2.06. The van der Waals surface area contributed by atoms with Gasteiger partial charge < -0.3 is 10.3 Å². The molecule has 1 aliphatic heterocycles. The zero-order valence-electron chi connectivity index (χ0n) is 13.5. The fourth-order valence-electron chi connectivity index (χ4n) is 3.73. The van der Waals surface area contributed by atoms with E-state index in [9.17, 15) is 0 Å². The van der Waals surface area contributed by atoms with E-state index in [-0.39, 0.29) is 6.04 Å². The molecule has 2 heteroatoms. The molecule has 4 rings (SSSR count). The fourth-order valence-corrected chi connectivity index (χ4v) is 3.73. The first-order valence-electron chi connectivity index (χ1n) is 8.05. The van der Waals surface area contributed by atoms with Crippen LogP contribution in [0, 0.1) is 20.8 Å². The van der Waals surface area contributed by atoms with Crippen LogP contribution in [-0.2, 0) is 6.42 Å². The molecule has 0 bridgehead atoms. The van der Waals surface area contributed by atoms with E-state index in [0.717, 1.165) is 13.0 Å². The molecule has 1 aliphatic rings. The Kier molecular flexibility index (Phi) is 3.08. The molecule has 0 fully saturated rings. The number of aromatic nitrogens is 1. The van der Waals surface area contributed by atoms with Crippen molar-refractivity contribution in [2.24, 2.45) is 0 Å². The summed E-state index contributed by atoms with van der Waals surface area (Å²) in [5.74, 6) is 0. The molecule has 2 nitrogen and oxygen atoms in total. The number of H-pyrrole nitrogens is 1. The molecular formula is C20H22N2. The molecule has 0 radical (unpaired) electrons. The fraction of sp³-hybridized carbons (Fsp3) is 0.300. The van der Waals surface area contributed by atoms with E-state index in [4.69, 9.17) is 0 Å². The minimum absolute atomic E-state index is 0.274. The third-order valence-corrected chi connectivity index (χ3v) is 4.81. The average Bonchev–Trinajstić information content (AvgIpc) is 2.87. The maximum atomic E-state index is 3.71. The van der Waals surface area contributed by atoms with Crippen molar-refractivity contribution in [1.29, 1.82) is 0 Å². The van der Waals surface area contributed by atoms with Crippen molar-refractivity contribution in [2.75, 3.05) is 6.54 Å². The Morgan fingerprint density at radius 2 is 1.73 bits per heavy atom. The summed E-state index contributed by atoms with van der Waals surface area (Å²) in [7, 11) is 0. The third-order valence-electron chi connectivity index (χ3n) is 4.81. The number of hydrogen-bond donors (Lipinski definition) is 2. The van der Waals surface area contributed by atoms with Gasteiger partial charge in [0.2, 0.25) is 0 Å². The van der Waals surface area contributed by atoms with E-state index in [0.29, 0.717) is 0 Å². The molecule has 0 amide bonds. The molecule has 2 N–H and O–H groups in total. The molecule has 2 aromatic carbocycles. The Labute approximate surface area is 131 Å². The summed E-state index contributed by atoms with van der Waals surface area (Å²) in [5.41, 5.74) is 9.47. The van der Waals surface area contributed by atoms with Crippen LogP contribution >= 0.6 is 0 Å². The first-order chi connectivity index (χ1) is 10.6. The van der Waals surface area contributed by atoms with Crippen LogP contribution in [0.15, 0.2) is 36.4 Å². The summed E-state index contributed by atoms with van der Waals surface area (Å²) in [6.45, 7) is 7.56. The van der Waals surface area contributed by atoms with Crippen LogP contribution in [0.25, 0.3) is 10.9 Å². The van der Waals surface area contributed by atoms with Crippen LogP contribution in [0.2, 0.25) is 0 Å². The predicted molar refractivity (Wildman–Crippen MR) is 92.5 cm³/mol. The van der Waals surface area contributed by atoms with E-state index in [1.54, 1.807) is 0 Å². The van der Waals surface area contributed by atoms with E-state index >= 15 is 0 Å². The van der Waals surface area contributed by atoms with Crippen molar-refractivity contribution >= 4 is 10.9 Å². The first kappa shape index (κ1) is 13.6. The molecule has 0 saturated heterocycles. The van der Waals surface area contributed by atoms with Crippen molar-refractivity contribution in [3.8, 4) is 0 Å². The number of aromatic amines is 1. The Morgan fingerprint density at radius 3 is 2.50 bits per heavy atom. The van der Waals surface area contributed by atoms with Crippen LogP contribution in [0.4, 0.5) is 0 Å². The van der Waals surface area contributed by atoms with Gasteiger partial charge in [-0.2, -0.15) is 0 Å². The minimum atomic E-state index is 0.274. The standard InChI is InChI=1S/C20H22N2/c1-12-4-6-15(7-5-12)19-20-16(8-9-21-19)17-11-13(2)10-14(3)18(17)22-20/h4-7,10-11,19,21-22H,8-9H2,1-3H3. The monoisotopic (exact) mass is 290 g/mol. The Balaban J connectivity index is 1.91. The minimum Gasteiger partial charge on any atom is -0.356 e. The van der Waals surface area contributed by atoms with E-state index < -0.39 is 0 Å². The SMILES string of the molecule is Cc1ccc(C2NCCc3c2[nH]c2c(C)cc(C)cc32)cc1. The lowest BCUT2D eigenvalue weighted by Crippen LogP contribution is -2.30. The number of fused-ring (bicyclic) bond motifs is 3. The highest BCUT2D eigenvalue weighted by Gasteiger charge is 2.25. The van der Waals surface area contributed by atoms with Crippen LogP contribution in [0.5, 0.6) is 0 Å². The van der Waals surface area contributed by atoms with Gasteiger partial charge in [0, 0.05) is 23.1 Å². The van der Waals surface area contributed by atoms with Crippen molar-refractivity contribution < 1.29 is 0 Å². The number of nitrogens with one attached hydrogen (secondary N) is 2. The summed E-state index contributed by atoms with van der Waals surface area (Å²) >= 11 is 0. The van der Waals surface area contributed by atoms with Gasteiger partial charge in [0.15, 0.2) is 0 Å². The molecule has 0 aliphatic carbocycles. The lowest BCUT2D eigenvalue weighted by atomic mass is 9.93. The normalized spacial score (nSPS) is 17.7. The highest BCUT2D eigenvalue weighted by Crippen LogP contribution is 2.35. The summed E-state index contributed by atoms with van der Waals surface area (Å²) in [6, 6.07) is 13.7. The highest BCUT2D eigenvalue weighted by atomic mass is 15.0. The summed E-state index contributed by atoms with van der Waals surface area (Å²) in [6.07, 6.45) is 1.10. The molecule has 2 heterocycles. The molecule has 3 aromatic rings. The molecule has 1 aromatic heterocycles. The zero-order valence-corrected chi connectivity index (χ0v) is 13.5. The van der Waals surface area contributed by atoms with Gasteiger partial charge in [-0.05, 0) is 49.9 Å². The lowest BCUT2D eigenvalue weighted by molar-refractivity contribution is 0.560. The maximum Gasteiger partial charge on any atom is 0.0732 e. The number of benzene rings is 2. The largest absolute Gasteiger partial charge is 0.356 e. The Hall–Kier alpha value is -2.06. The molecule has 112 valence electrons. The first-order valence-corrected chi connectivity index (χ1v) is 8.05. The van der Waals surface area contributed by atoms with Crippen LogP contribution in [0.1, 0.15) is 39.6 Å². The van der Waals surface area contributed by atoms with Crippen molar-refractivity contribution in [3.05, 3.63) is 69.9 Å². The van der Waals surface area contributed by atoms with Gasteiger partial charge >= 0.3 is 0 Å². The van der Waals surface area contributed by atoms with Gasteiger partial charge in [0.25, 0.3) is 0 Å². The van der Waals surface area contributed by atoms with Crippen LogP contribution in [0.3, 0.4) is 0 Å². The second-order valence-corrected chi connectivity index (χ2v) is 6.57. The topological polar surface area (TPSA) is 27.8 Å². The smallest absolute Gasteiger partial charge is 0.0732 e. The summed E-state index contributed by atoms with van der Waals surface area (Å²) in [4.78, 5) is 3.71. The number of aryl methyl sites for hydroxylation is 3. The number of rotatable bonds is 1. The molecule has 22 heavy (non-hydrogen) atoms. The van der Waals surface area contributed by atoms with Gasteiger partial charge in [-0.1, -0.05) is 41.5 Å². The maximum absolute atomic E-state index is 3.71. The average molecular weight is 290 g/mol. The van der Waals surface area contributed by atoms with Gasteiger partial charge in [0.05, 0.1) is 6.04 Å². The quantitative estimate of drug-likeness (QED) is 0.686. The van der Waals surface area contributed by atoms with Crippen LogP contribution in [-0.4, -0.2) is 11.5 Å². The van der Waals surface area contributed by atoms with Gasteiger partial charge in [-0.25, -0.2) is 0 Å². The lowest BCUT2D eigenvalue weighted by Gasteiger charge is -2.25. The summed E-state index contributed by atoms with van der Waals surface area (Å²) < 4.78 is 0. The second-order valence-electron chi connectivity index (χ2n) is 6.57. The molecule has 1 unspecified atom stereocenters. The number of hydrogen-bond acceptors (Lipinski definition) is 1. The van der Waals surface area contributed by atoms with Gasteiger partial charge in [-0.15, -0.1) is 0 Å². The van der Waals surface area contributed by atoms with E-state index in [1.807, 2.05) is 0 Å². The molecule has 0 saturated carbocycles. The van der Waals surface area contributed by atoms with Crippen molar-refractivity contribution in [1.82, 2.24) is 10.3 Å². The Morgan fingerprint density at radius 1 is 0.955 bits per heavy atom. The van der Waals surface area contributed by atoms with Gasteiger partial charge in [0.1, 0.15) is 0 Å². The second kappa shape index (κ2) is 4.99. The molecular weight excluding hydrogens is 268 g/mol. The van der Waals surface area contributed by atoms with E-state index in [2.05, 4.69) is 67.5 Å². The van der Waals surface area contributed by atoms with Crippen molar-refractivity contribution in [3.63, 3.8) is 0 Å². The Bertz CT molecular complexity index is 840. The van der Waals surface area contributed by atoms with E-state index in [1.165, 1.54) is 44.4 Å². The van der Waals surface area contributed by atoms with Gasteiger partial charge in [-0.3, -0.25) is 0 Å². The summed E-state index contributed by atoms with van der Waals surface area (Å²) in [5, 5.41) is 5.08. The zero-order chi connectivity index (χ0) is 15.3. The highest BCUT2D eigenvalue weighted by molar-refractivity contribution is 5.88.